The van der Waals surface area contributed by atoms with Gasteiger partial charge < -0.3 is 9.80 Å². The summed E-state index contributed by atoms with van der Waals surface area (Å²) in [5, 5.41) is 0. The van der Waals surface area contributed by atoms with Gasteiger partial charge in [-0.2, -0.15) is 0 Å². The normalized spacial score (nSPS) is 17.1. The largest absolute Gasteiger partial charge is 0.339 e. The van der Waals surface area contributed by atoms with E-state index in [1.807, 2.05) is 9.80 Å². The lowest BCUT2D eigenvalue weighted by Crippen LogP contribution is -2.39. The van der Waals surface area contributed by atoms with Crippen LogP contribution in [0.4, 0.5) is 4.39 Å². The third kappa shape index (κ3) is 4.71. The number of hydrogen-bond acceptors (Lipinski definition) is 4. The molecule has 148 valence electrons. The summed E-state index contributed by atoms with van der Waals surface area (Å²) in [7, 11) is 0. The molecule has 1 aromatic carbocycles. The number of halogens is 1. The van der Waals surface area contributed by atoms with E-state index in [9.17, 15) is 14.0 Å². The van der Waals surface area contributed by atoms with Crippen molar-refractivity contribution < 1.29 is 14.0 Å². The SMILES string of the molecule is CC(=O)N(Cc1cncnc1)[C@H]1CCCN(C(=O)c2ccc(F)cc2C)CC1. The summed E-state index contributed by atoms with van der Waals surface area (Å²) in [6.45, 7) is 4.98. The number of amides is 2. The molecule has 2 aromatic rings. The smallest absolute Gasteiger partial charge is 0.254 e. The van der Waals surface area contributed by atoms with E-state index >= 15 is 0 Å². The molecule has 0 bridgehead atoms. The first kappa shape index (κ1) is 19.9. The van der Waals surface area contributed by atoms with Crippen LogP contribution in [0, 0.1) is 12.7 Å². The fourth-order valence-corrected chi connectivity index (χ4v) is 3.74. The number of likely N-dealkylation sites (tertiary alicyclic amines) is 1. The first-order valence-corrected chi connectivity index (χ1v) is 9.52. The van der Waals surface area contributed by atoms with Crippen LogP contribution in [0.3, 0.4) is 0 Å². The number of aryl methyl sites for hydroxylation is 1. The number of rotatable bonds is 4. The van der Waals surface area contributed by atoms with Crippen LogP contribution >= 0.6 is 0 Å². The number of aromatic nitrogens is 2. The number of carbonyl (C=O) groups excluding carboxylic acids is 2. The van der Waals surface area contributed by atoms with Crippen LogP contribution in [0.15, 0.2) is 36.9 Å². The highest BCUT2D eigenvalue weighted by Crippen LogP contribution is 2.21. The fourth-order valence-electron chi connectivity index (χ4n) is 3.74. The first-order chi connectivity index (χ1) is 13.5. The van der Waals surface area contributed by atoms with Crippen LogP contribution in [0.1, 0.15) is 47.7 Å². The molecule has 1 aromatic heterocycles. The predicted octanol–water partition coefficient (Wildman–Crippen LogP) is 2.97. The molecule has 0 N–H and O–H groups in total. The molecule has 28 heavy (non-hydrogen) atoms. The minimum Gasteiger partial charge on any atom is -0.339 e. The summed E-state index contributed by atoms with van der Waals surface area (Å²) >= 11 is 0. The Hall–Kier alpha value is -2.83. The molecule has 0 unspecified atom stereocenters. The maximum Gasteiger partial charge on any atom is 0.254 e. The lowest BCUT2D eigenvalue weighted by atomic mass is 10.1. The zero-order valence-corrected chi connectivity index (χ0v) is 16.3. The highest BCUT2D eigenvalue weighted by molar-refractivity contribution is 5.95. The summed E-state index contributed by atoms with van der Waals surface area (Å²) in [6, 6.07) is 4.31. The van der Waals surface area contributed by atoms with Crippen molar-refractivity contribution in [1.82, 2.24) is 19.8 Å². The maximum absolute atomic E-state index is 13.3. The molecule has 1 aliphatic rings. The second kappa shape index (κ2) is 8.91. The van der Waals surface area contributed by atoms with Gasteiger partial charge in [0.05, 0.1) is 0 Å². The lowest BCUT2D eigenvalue weighted by molar-refractivity contribution is -0.132. The van der Waals surface area contributed by atoms with E-state index in [0.717, 1.165) is 18.4 Å². The van der Waals surface area contributed by atoms with Gasteiger partial charge in [-0.3, -0.25) is 9.59 Å². The van der Waals surface area contributed by atoms with E-state index in [1.165, 1.54) is 18.5 Å². The first-order valence-electron chi connectivity index (χ1n) is 9.52. The number of carbonyl (C=O) groups is 2. The van der Waals surface area contributed by atoms with Crippen molar-refractivity contribution in [3.05, 3.63) is 59.4 Å². The van der Waals surface area contributed by atoms with E-state index in [0.29, 0.717) is 37.2 Å². The molecule has 2 heterocycles. The van der Waals surface area contributed by atoms with Crippen molar-refractivity contribution in [2.45, 2.75) is 45.7 Å². The highest BCUT2D eigenvalue weighted by atomic mass is 19.1. The lowest BCUT2D eigenvalue weighted by Gasteiger charge is -2.30. The second-order valence-electron chi connectivity index (χ2n) is 7.23. The molecule has 1 fully saturated rings. The Kier molecular flexibility index (Phi) is 6.34. The average Bonchev–Trinajstić information content (AvgIpc) is 2.92. The van der Waals surface area contributed by atoms with Crippen molar-refractivity contribution in [3.8, 4) is 0 Å². The van der Waals surface area contributed by atoms with Gasteiger partial charge in [-0.05, 0) is 49.9 Å². The van der Waals surface area contributed by atoms with Crippen LogP contribution in [0.25, 0.3) is 0 Å². The summed E-state index contributed by atoms with van der Waals surface area (Å²) in [5.74, 6) is -0.418. The van der Waals surface area contributed by atoms with E-state index in [4.69, 9.17) is 0 Å². The summed E-state index contributed by atoms with van der Waals surface area (Å²) in [5.41, 5.74) is 2.06. The molecule has 0 spiro atoms. The molecule has 6 nitrogen and oxygen atoms in total. The Labute approximate surface area is 164 Å². The minimum atomic E-state index is -0.341. The van der Waals surface area contributed by atoms with E-state index < -0.39 is 0 Å². The molecule has 1 saturated heterocycles. The van der Waals surface area contributed by atoms with Crippen molar-refractivity contribution in [2.75, 3.05) is 13.1 Å². The second-order valence-corrected chi connectivity index (χ2v) is 7.23. The zero-order valence-electron chi connectivity index (χ0n) is 16.3. The van der Waals surface area contributed by atoms with Gasteiger partial charge in [-0.1, -0.05) is 0 Å². The highest BCUT2D eigenvalue weighted by Gasteiger charge is 2.27. The zero-order chi connectivity index (χ0) is 20.1. The van der Waals surface area contributed by atoms with Gasteiger partial charge in [0.15, 0.2) is 0 Å². The molecule has 1 aliphatic heterocycles. The van der Waals surface area contributed by atoms with E-state index in [1.54, 1.807) is 32.3 Å². The third-order valence-corrected chi connectivity index (χ3v) is 5.22. The van der Waals surface area contributed by atoms with Crippen molar-refractivity contribution >= 4 is 11.8 Å². The van der Waals surface area contributed by atoms with Gasteiger partial charge in [0.1, 0.15) is 12.1 Å². The van der Waals surface area contributed by atoms with Gasteiger partial charge in [-0.25, -0.2) is 14.4 Å². The molecule has 2 amide bonds. The molecular weight excluding hydrogens is 359 g/mol. The monoisotopic (exact) mass is 384 g/mol. The molecule has 0 radical (unpaired) electrons. The van der Waals surface area contributed by atoms with Gasteiger partial charge in [0.25, 0.3) is 5.91 Å². The van der Waals surface area contributed by atoms with E-state index in [-0.39, 0.29) is 23.7 Å². The van der Waals surface area contributed by atoms with Crippen LogP contribution in [-0.4, -0.2) is 50.7 Å². The molecule has 3 rings (SSSR count). The Morgan fingerprint density at radius 3 is 2.64 bits per heavy atom. The average molecular weight is 384 g/mol. The third-order valence-electron chi connectivity index (χ3n) is 5.22. The van der Waals surface area contributed by atoms with Crippen molar-refractivity contribution in [1.29, 1.82) is 0 Å². The van der Waals surface area contributed by atoms with Crippen LogP contribution in [0.5, 0.6) is 0 Å². The molecule has 0 aliphatic carbocycles. The Morgan fingerprint density at radius 2 is 1.96 bits per heavy atom. The minimum absolute atomic E-state index is 0.00279. The Morgan fingerprint density at radius 1 is 1.21 bits per heavy atom. The summed E-state index contributed by atoms with van der Waals surface area (Å²) in [6.07, 6.45) is 7.25. The number of benzene rings is 1. The number of hydrogen-bond donors (Lipinski definition) is 0. The number of nitrogens with zero attached hydrogens (tertiary/aromatic N) is 4. The molecule has 1 atom stereocenters. The predicted molar refractivity (Wildman–Crippen MR) is 103 cm³/mol. The summed E-state index contributed by atoms with van der Waals surface area (Å²) < 4.78 is 13.3. The van der Waals surface area contributed by atoms with Gasteiger partial charge in [-0.15, -0.1) is 0 Å². The topological polar surface area (TPSA) is 66.4 Å². The molecule has 0 saturated carbocycles. The quantitative estimate of drug-likeness (QED) is 0.813. The standard InChI is InChI=1S/C21H25FN4O2/c1-15-10-18(22)5-6-20(15)21(28)25-8-3-4-19(7-9-25)26(16(2)27)13-17-11-23-14-24-12-17/h5-6,10-12,14,19H,3-4,7-9,13H2,1-2H3/t19-/m0/s1. The van der Waals surface area contributed by atoms with E-state index in [2.05, 4.69) is 9.97 Å². The van der Waals surface area contributed by atoms with Crippen LogP contribution in [-0.2, 0) is 11.3 Å². The van der Waals surface area contributed by atoms with Gasteiger partial charge in [0, 0.05) is 56.1 Å². The van der Waals surface area contributed by atoms with Crippen LogP contribution < -0.4 is 0 Å². The van der Waals surface area contributed by atoms with Gasteiger partial charge in [0.2, 0.25) is 5.91 Å². The Bertz CT molecular complexity index is 844. The Balaban J connectivity index is 1.69. The fraction of sp³-hybridized carbons (Fsp3) is 0.429. The summed E-state index contributed by atoms with van der Waals surface area (Å²) in [4.78, 5) is 36.8. The van der Waals surface area contributed by atoms with Crippen molar-refractivity contribution in [3.63, 3.8) is 0 Å². The molecule has 7 heteroatoms. The van der Waals surface area contributed by atoms with Gasteiger partial charge >= 0.3 is 0 Å². The molecular formula is C21H25FN4O2. The maximum atomic E-state index is 13.3. The van der Waals surface area contributed by atoms with Crippen LogP contribution in [0.2, 0.25) is 0 Å². The van der Waals surface area contributed by atoms with Crippen molar-refractivity contribution in [2.24, 2.45) is 0 Å².